The summed E-state index contributed by atoms with van der Waals surface area (Å²) in [6.07, 6.45) is 3.00. The van der Waals surface area contributed by atoms with Crippen LogP contribution in [0.3, 0.4) is 0 Å². The first-order valence-corrected chi connectivity index (χ1v) is 11.6. The summed E-state index contributed by atoms with van der Waals surface area (Å²) in [5, 5.41) is 10.5. The van der Waals surface area contributed by atoms with Crippen LogP contribution in [0, 0.1) is 22.7 Å². The molecule has 0 bridgehead atoms. The number of fused-ring (bicyclic) bond motifs is 2. The summed E-state index contributed by atoms with van der Waals surface area (Å²) in [4.78, 5) is 20.8. The predicted molar refractivity (Wildman–Crippen MR) is 122 cm³/mol. The number of nitrogens with zero attached hydrogens (tertiary/aromatic N) is 3. The van der Waals surface area contributed by atoms with E-state index < -0.39 is 0 Å². The van der Waals surface area contributed by atoms with Crippen LogP contribution in [-0.2, 0) is 17.6 Å². The molecule has 6 heteroatoms. The molecule has 2 aromatic rings. The number of thiophene rings is 1. The Balaban J connectivity index is 1.81. The van der Waals surface area contributed by atoms with Gasteiger partial charge in [-0.15, -0.1) is 11.3 Å². The molecule has 1 aliphatic carbocycles. The van der Waals surface area contributed by atoms with Gasteiger partial charge in [-0.05, 0) is 61.3 Å². The second kappa shape index (κ2) is 7.37. The third-order valence-electron chi connectivity index (χ3n) is 6.07. The molecule has 4 rings (SSSR count). The third kappa shape index (κ3) is 3.45. The Morgan fingerprint density at radius 3 is 2.79 bits per heavy atom. The number of carbonyl (C=O) groups excluding carboxylic acids is 1. The maximum Gasteiger partial charge on any atom is 0.277 e. The summed E-state index contributed by atoms with van der Waals surface area (Å²) in [5.41, 5.74) is 4.19. The average Bonchev–Trinajstić information content (AvgIpc) is 3.15. The largest absolute Gasteiger partial charge is 0.307 e. The summed E-state index contributed by atoms with van der Waals surface area (Å²) < 4.78 is 0.911. The monoisotopic (exact) mass is 469 g/mol. The van der Waals surface area contributed by atoms with E-state index in [9.17, 15) is 10.1 Å². The molecule has 150 valence electrons. The summed E-state index contributed by atoms with van der Waals surface area (Å²) in [6.45, 7) is 9.41. The Bertz CT molecular complexity index is 1070. The fraction of sp³-hybridized carbons (Fsp3) is 0.435. The van der Waals surface area contributed by atoms with E-state index in [1.54, 1.807) is 16.2 Å². The summed E-state index contributed by atoms with van der Waals surface area (Å²) in [7, 11) is 0. The fourth-order valence-electron chi connectivity index (χ4n) is 4.31. The van der Waals surface area contributed by atoms with Crippen molar-refractivity contribution in [1.29, 1.82) is 5.26 Å². The lowest BCUT2D eigenvalue weighted by molar-refractivity contribution is -0.112. The van der Waals surface area contributed by atoms with Crippen molar-refractivity contribution in [1.82, 2.24) is 0 Å². The molecule has 0 unspecified atom stereocenters. The van der Waals surface area contributed by atoms with Gasteiger partial charge in [0.05, 0.1) is 11.3 Å². The standard InChI is InChI=1S/C23H24BrN3OS/c1-5-27-18-9-7-14(24)11-16(18)20(22(27)28)26-21-17(12-25)15-8-6-13(23(2,3)4)10-19(15)29-21/h7,9,11,13H,5-6,8,10H2,1-4H3/t13-/m0/s1. The zero-order chi connectivity index (χ0) is 20.9. The van der Waals surface area contributed by atoms with Crippen LogP contribution < -0.4 is 4.90 Å². The van der Waals surface area contributed by atoms with Crippen molar-refractivity contribution in [3.63, 3.8) is 0 Å². The minimum atomic E-state index is -0.0940. The highest BCUT2D eigenvalue weighted by atomic mass is 79.9. The number of rotatable bonds is 2. The Hall–Kier alpha value is -1.97. The Morgan fingerprint density at radius 1 is 1.38 bits per heavy atom. The van der Waals surface area contributed by atoms with Crippen molar-refractivity contribution < 1.29 is 4.79 Å². The second-order valence-corrected chi connectivity index (χ2v) is 10.8. The molecule has 0 radical (unpaired) electrons. The van der Waals surface area contributed by atoms with Crippen LogP contribution >= 0.6 is 27.3 Å². The number of anilines is 1. The minimum Gasteiger partial charge on any atom is -0.307 e. The molecule has 1 aromatic heterocycles. The Kier molecular flexibility index (Phi) is 5.16. The van der Waals surface area contributed by atoms with Gasteiger partial charge in [0.2, 0.25) is 0 Å². The lowest BCUT2D eigenvalue weighted by Gasteiger charge is -2.33. The quantitative estimate of drug-likeness (QED) is 0.539. The van der Waals surface area contributed by atoms with E-state index in [1.165, 1.54) is 4.88 Å². The van der Waals surface area contributed by atoms with E-state index in [1.807, 2.05) is 25.1 Å². The number of hydrogen-bond acceptors (Lipinski definition) is 4. The number of benzene rings is 1. The molecule has 1 aromatic carbocycles. The molecule has 2 aliphatic rings. The van der Waals surface area contributed by atoms with Crippen molar-refractivity contribution in [2.45, 2.75) is 47.0 Å². The number of hydrogen-bond donors (Lipinski definition) is 0. The number of aliphatic imine (C=N–C) groups is 1. The molecule has 0 saturated heterocycles. The molecule has 0 saturated carbocycles. The van der Waals surface area contributed by atoms with Gasteiger partial charge < -0.3 is 4.90 Å². The number of nitriles is 1. The first-order valence-electron chi connectivity index (χ1n) is 9.99. The van der Waals surface area contributed by atoms with Gasteiger partial charge in [0, 0.05) is 21.5 Å². The summed E-state index contributed by atoms with van der Waals surface area (Å²) in [5.74, 6) is 0.504. The zero-order valence-electron chi connectivity index (χ0n) is 17.2. The van der Waals surface area contributed by atoms with Gasteiger partial charge in [0.25, 0.3) is 5.91 Å². The predicted octanol–water partition coefficient (Wildman–Crippen LogP) is 6.02. The van der Waals surface area contributed by atoms with Gasteiger partial charge in [0.15, 0.2) is 0 Å². The highest BCUT2D eigenvalue weighted by molar-refractivity contribution is 9.10. The van der Waals surface area contributed by atoms with E-state index in [4.69, 9.17) is 4.99 Å². The molecule has 29 heavy (non-hydrogen) atoms. The SMILES string of the molecule is CCN1C(=O)C(=Nc2sc3c(c2C#N)CC[C@H](C(C)(C)C)C3)c2cc(Br)ccc21. The van der Waals surface area contributed by atoms with Gasteiger partial charge in [0.1, 0.15) is 16.8 Å². The van der Waals surface area contributed by atoms with Crippen molar-refractivity contribution in [3.05, 3.63) is 44.2 Å². The van der Waals surface area contributed by atoms with Crippen molar-refractivity contribution >= 4 is 49.6 Å². The molecule has 0 spiro atoms. The molecule has 1 aliphatic heterocycles. The topological polar surface area (TPSA) is 56.5 Å². The van der Waals surface area contributed by atoms with Gasteiger partial charge in [-0.1, -0.05) is 36.7 Å². The average molecular weight is 470 g/mol. The highest BCUT2D eigenvalue weighted by Crippen LogP contribution is 2.45. The molecule has 0 fully saturated rings. The number of likely N-dealkylation sites (N-methyl/N-ethyl adjacent to an activating group) is 1. The van der Waals surface area contributed by atoms with Gasteiger partial charge in [-0.25, -0.2) is 4.99 Å². The molecular weight excluding hydrogens is 446 g/mol. The van der Waals surface area contributed by atoms with E-state index in [2.05, 4.69) is 42.8 Å². The highest BCUT2D eigenvalue weighted by Gasteiger charge is 2.35. The van der Waals surface area contributed by atoms with Gasteiger partial charge in [-0.2, -0.15) is 5.26 Å². The van der Waals surface area contributed by atoms with Crippen molar-refractivity contribution in [3.8, 4) is 6.07 Å². The third-order valence-corrected chi connectivity index (χ3v) is 7.71. The maximum absolute atomic E-state index is 13.0. The fourth-order valence-corrected chi connectivity index (χ4v) is 5.93. The Labute approximate surface area is 184 Å². The molecule has 4 nitrogen and oxygen atoms in total. The smallest absolute Gasteiger partial charge is 0.277 e. The van der Waals surface area contributed by atoms with Crippen LogP contribution in [0.1, 0.15) is 55.7 Å². The summed E-state index contributed by atoms with van der Waals surface area (Å²) in [6, 6.07) is 8.20. The lowest BCUT2D eigenvalue weighted by atomic mass is 9.72. The first kappa shape index (κ1) is 20.3. The van der Waals surface area contributed by atoms with Crippen LogP contribution in [-0.4, -0.2) is 18.2 Å². The van der Waals surface area contributed by atoms with Gasteiger partial charge in [-0.3, -0.25) is 4.79 Å². The van der Waals surface area contributed by atoms with Crippen LogP contribution in [0.2, 0.25) is 0 Å². The molecule has 1 atom stereocenters. The Morgan fingerprint density at radius 2 is 2.14 bits per heavy atom. The number of carbonyl (C=O) groups is 1. The lowest BCUT2D eigenvalue weighted by Crippen LogP contribution is -2.29. The van der Waals surface area contributed by atoms with Crippen LogP contribution in [0.15, 0.2) is 27.7 Å². The van der Waals surface area contributed by atoms with E-state index in [-0.39, 0.29) is 11.3 Å². The van der Waals surface area contributed by atoms with Crippen LogP contribution in [0.5, 0.6) is 0 Å². The summed E-state index contributed by atoms with van der Waals surface area (Å²) >= 11 is 5.10. The van der Waals surface area contributed by atoms with Crippen molar-refractivity contribution in [2.24, 2.45) is 16.3 Å². The molecular formula is C23H24BrN3OS. The minimum absolute atomic E-state index is 0.0940. The van der Waals surface area contributed by atoms with E-state index in [0.29, 0.717) is 28.7 Å². The second-order valence-electron chi connectivity index (χ2n) is 8.77. The van der Waals surface area contributed by atoms with Crippen molar-refractivity contribution in [2.75, 3.05) is 11.4 Å². The maximum atomic E-state index is 13.0. The molecule has 2 heterocycles. The normalized spacial score (nSPS) is 20.0. The van der Waals surface area contributed by atoms with E-state index >= 15 is 0 Å². The van der Waals surface area contributed by atoms with E-state index in [0.717, 1.165) is 40.5 Å². The van der Waals surface area contributed by atoms with Gasteiger partial charge >= 0.3 is 0 Å². The molecule has 0 N–H and O–H groups in total. The number of halogens is 1. The number of amides is 1. The first-order chi connectivity index (χ1) is 13.7. The van der Waals surface area contributed by atoms with Crippen LogP contribution in [0.4, 0.5) is 10.7 Å². The molecule has 1 amide bonds. The zero-order valence-corrected chi connectivity index (χ0v) is 19.6. The van der Waals surface area contributed by atoms with Crippen LogP contribution in [0.25, 0.3) is 0 Å².